The molecule has 1 atom stereocenters. The molecule has 4 aromatic rings. The zero-order valence-corrected chi connectivity index (χ0v) is 30.8. The molecule has 51 heavy (non-hydrogen) atoms. The Morgan fingerprint density at radius 1 is 0.588 bits per heavy atom. The molecule has 1 unspecified atom stereocenters. The van der Waals surface area contributed by atoms with Crippen LogP contribution in [0, 0.1) is 0 Å². The van der Waals surface area contributed by atoms with Crippen molar-refractivity contribution in [3.63, 3.8) is 0 Å². The van der Waals surface area contributed by atoms with Crippen molar-refractivity contribution < 1.29 is 19.2 Å². The number of allylic oxidation sites excluding steroid dienone is 1. The van der Waals surface area contributed by atoms with Crippen molar-refractivity contribution in [3.8, 4) is 17.2 Å². The normalized spacial score (nSPS) is 16.3. The maximum absolute atomic E-state index is 6.11. The monoisotopic (exact) mass is 684 g/mol. The molecule has 6 rings (SSSR count). The van der Waals surface area contributed by atoms with Crippen molar-refractivity contribution in [1.82, 2.24) is 0 Å². The van der Waals surface area contributed by atoms with Crippen molar-refractivity contribution in [3.05, 3.63) is 136 Å². The van der Waals surface area contributed by atoms with Crippen LogP contribution in [-0.4, -0.2) is 19.8 Å². The summed E-state index contributed by atoms with van der Waals surface area (Å²) in [4.78, 5) is 11.9. The zero-order valence-electron chi connectivity index (χ0n) is 30.8. The lowest BCUT2D eigenvalue weighted by atomic mass is 9.74. The van der Waals surface area contributed by atoms with Crippen LogP contribution < -0.4 is 14.4 Å². The third-order valence-corrected chi connectivity index (χ3v) is 10.5. The molecule has 0 saturated heterocycles. The molecule has 0 amide bonds. The molecule has 0 aromatic heterocycles. The van der Waals surface area contributed by atoms with Gasteiger partial charge in [-0.3, -0.25) is 0 Å². The maximum Gasteiger partial charge on any atom is 0.169 e. The van der Waals surface area contributed by atoms with E-state index in [9.17, 15) is 0 Å². The number of ether oxygens (including phenoxy) is 2. The summed E-state index contributed by atoms with van der Waals surface area (Å²) < 4.78 is 11.8. The fraction of sp³-hybridized carbons (Fsp3) is 0.404. The summed E-state index contributed by atoms with van der Waals surface area (Å²) in [6.45, 7) is 6.40. The third-order valence-electron chi connectivity index (χ3n) is 10.5. The molecule has 0 radical (unpaired) electrons. The topological polar surface area (TPSA) is 36.9 Å². The summed E-state index contributed by atoms with van der Waals surface area (Å²) in [5.41, 5.74) is 9.35. The van der Waals surface area contributed by atoms with Crippen LogP contribution >= 0.6 is 0 Å². The molecule has 0 heterocycles. The Kier molecular flexibility index (Phi) is 13.5. The van der Waals surface area contributed by atoms with Crippen LogP contribution in [0.5, 0.6) is 17.2 Å². The van der Waals surface area contributed by atoms with Gasteiger partial charge < -0.3 is 14.4 Å². The van der Waals surface area contributed by atoms with Crippen LogP contribution in [0.15, 0.2) is 97.1 Å². The van der Waals surface area contributed by atoms with Crippen LogP contribution in [0.25, 0.3) is 12.2 Å². The first-order chi connectivity index (χ1) is 25.2. The van der Waals surface area contributed by atoms with Gasteiger partial charge in [0.1, 0.15) is 18.1 Å². The molecular formula is C47H56O4. The van der Waals surface area contributed by atoms with Gasteiger partial charge in [0.25, 0.3) is 0 Å². The standard InChI is InChI=1S/C47H56O4/c1-3-5-7-9-34-48-42-26-22-37(23-27-42)15-11-17-39-18-12-19-40-30-32-47(45(39)40)33-31-41-20-13-21-44(46(41)47)51-50-36-14-16-38-24-28-43(29-25-38)49-35-10-8-6-4-2/h11-16,18-29H,3-10,17,30-36H2,1-2H3/b15-11+,16-14+. The highest BCUT2D eigenvalue weighted by Gasteiger charge is 2.47. The van der Waals surface area contributed by atoms with Gasteiger partial charge in [-0.2, -0.15) is 4.89 Å². The average molecular weight is 685 g/mol. The molecule has 2 aliphatic carbocycles. The van der Waals surface area contributed by atoms with Crippen LogP contribution in [0.4, 0.5) is 0 Å². The quantitative estimate of drug-likeness (QED) is 0.0527. The van der Waals surface area contributed by atoms with Gasteiger partial charge in [-0.1, -0.05) is 131 Å². The molecule has 0 aliphatic heterocycles. The zero-order chi connectivity index (χ0) is 35.1. The van der Waals surface area contributed by atoms with Crippen molar-refractivity contribution in [2.45, 2.75) is 103 Å². The highest BCUT2D eigenvalue weighted by molar-refractivity contribution is 5.61. The van der Waals surface area contributed by atoms with Gasteiger partial charge in [-0.15, -0.1) is 0 Å². The second-order valence-corrected chi connectivity index (χ2v) is 14.2. The first kappa shape index (κ1) is 36.5. The molecule has 2 aliphatic rings. The van der Waals surface area contributed by atoms with E-state index < -0.39 is 0 Å². The number of benzene rings is 4. The summed E-state index contributed by atoms with van der Waals surface area (Å²) in [6, 6.07) is 30.1. The minimum atomic E-state index is -0.0408. The van der Waals surface area contributed by atoms with Gasteiger partial charge in [0.2, 0.25) is 0 Å². The largest absolute Gasteiger partial charge is 0.494 e. The van der Waals surface area contributed by atoms with E-state index in [1.165, 1.54) is 71.9 Å². The van der Waals surface area contributed by atoms with E-state index in [1.54, 1.807) is 0 Å². The van der Waals surface area contributed by atoms with Gasteiger partial charge in [-0.05, 0) is 109 Å². The fourth-order valence-electron chi connectivity index (χ4n) is 7.92. The van der Waals surface area contributed by atoms with Gasteiger partial charge >= 0.3 is 0 Å². The van der Waals surface area contributed by atoms with Gasteiger partial charge in [0, 0.05) is 11.0 Å². The Bertz CT molecular complexity index is 1710. The Balaban J connectivity index is 1.06. The number of aryl methyl sites for hydroxylation is 2. The number of rotatable bonds is 20. The second kappa shape index (κ2) is 18.8. The Hall–Kier alpha value is -4.28. The van der Waals surface area contributed by atoms with Crippen molar-refractivity contribution in [1.29, 1.82) is 0 Å². The highest BCUT2D eigenvalue weighted by atomic mass is 17.2. The molecule has 0 saturated carbocycles. The highest BCUT2D eigenvalue weighted by Crippen LogP contribution is 2.56. The average Bonchev–Trinajstić information content (AvgIpc) is 3.74. The summed E-state index contributed by atoms with van der Waals surface area (Å²) in [6.07, 6.45) is 23.6. The Morgan fingerprint density at radius 2 is 1.16 bits per heavy atom. The van der Waals surface area contributed by atoms with E-state index in [0.29, 0.717) is 6.61 Å². The summed E-state index contributed by atoms with van der Waals surface area (Å²) in [7, 11) is 0. The predicted octanol–water partition coefficient (Wildman–Crippen LogP) is 12.1. The Labute approximate surface area is 306 Å². The van der Waals surface area contributed by atoms with Crippen molar-refractivity contribution in [2.24, 2.45) is 0 Å². The summed E-state index contributed by atoms with van der Waals surface area (Å²) >= 11 is 0. The molecule has 0 bridgehead atoms. The van der Waals surface area contributed by atoms with Crippen LogP contribution in [0.1, 0.15) is 117 Å². The van der Waals surface area contributed by atoms with Crippen LogP contribution in [0.2, 0.25) is 0 Å². The van der Waals surface area contributed by atoms with E-state index >= 15 is 0 Å². The predicted molar refractivity (Wildman–Crippen MR) is 211 cm³/mol. The van der Waals surface area contributed by atoms with Gasteiger partial charge in [0.05, 0.1) is 13.2 Å². The minimum Gasteiger partial charge on any atom is -0.494 e. The number of hydrogen-bond donors (Lipinski definition) is 0. The summed E-state index contributed by atoms with van der Waals surface area (Å²) in [5, 5.41) is 0. The second-order valence-electron chi connectivity index (χ2n) is 14.2. The van der Waals surface area contributed by atoms with E-state index in [2.05, 4.69) is 105 Å². The molecule has 0 fully saturated rings. The van der Waals surface area contributed by atoms with Crippen LogP contribution in [-0.2, 0) is 29.6 Å². The lowest BCUT2D eigenvalue weighted by molar-refractivity contribution is -0.196. The first-order valence-electron chi connectivity index (χ1n) is 19.5. The van der Waals surface area contributed by atoms with E-state index in [4.69, 9.17) is 19.2 Å². The molecule has 4 aromatic carbocycles. The van der Waals surface area contributed by atoms with Gasteiger partial charge in [0.15, 0.2) is 5.75 Å². The van der Waals surface area contributed by atoms with E-state index in [1.807, 2.05) is 18.2 Å². The number of unbranched alkanes of at least 4 members (excludes halogenated alkanes) is 6. The van der Waals surface area contributed by atoms with Gasteiger partial charge in [-0.25, -0.2) is 0 Å². The SMILES string of the molecule is CCCCCCOc1ccc(/C=C/COOc2cccc3c2C2(CCc4cccc(C/C=C/c5ccc(OCCCCCC)cc5)c42)CC3)cc1. The van der Waals surface area contributed by atoms with Crippen LogP contribution in [0.3, 0.4) is 0 Å². The molecule has 4 heteroatoms. The smallest absolute Gasteiger partial charge is 0.169 e. The molecular weight excluding hydrogens is 629 g/mol. The number of fused-ring (bicyclic) bond motifs is 4. The lowest BCUT2D eigenvalue weighted by Crippen LogP contribution is -2.24. The lowest BCUT2D eigenvalue weighted by Gasteiger charge is -2.30. The number of hydrogen-bond acceptors (Lipinski definition) is 4. The molecule has 1 spiro atoms. The molecule has 4 nitrogen and oxygen atoms in total. The van der Waals surface area contributed by atoms with E-state index in [-0.39, 0.29) is 5.41 Å². The third kappa shape index (κ3) is 9.54. The van der Waals surface area contributed by atoms with Crippen molar-refractivity contribution in [2.75, 3.05) is 19.8 Å². The Morgan fingerprint density at radius 3 is 1.76 bits per heavy atom. The minimum absolute atomic E-state index is 0.0408. The van der Waals surface area contributed by atoms with E-state index in [0.717, 1.165) is 81.0 Å². The molecule has 268 valence electrons. The maximum atomic E-state index is 6.11. The summed E-state index contributed by atoms with van der Waals surface area (Å²) in [5.74, 6) is 2.73. The van der Waals surface area contributed by atoms with Crippen molar-refractivity contribution >= 4 is 12.2 Å². The first-order valence-corrected chi connectivity index (χ1v) is 19.5. The fourth-order valence-corrected chi connectivity index (χ4v) is 7.92. The molecule has 0 N–H and O–H groups in total.